The Morgan fingerprint density at radius 3 is 2.58 bits per heavy atom. The standard InChI is InChI=1S/C13H13F3O3/c14-8-6-10(15)12(11(16)7-8)13(17)19-5-3-9-2-1-4-18-9/h6-7,9H,1-5H2/t9-/m1/s1. The summed E-state index contributed by atoms with van der Waals surface area (Å²) < 4.78 is 49.3. The van der Waals surface area contributed by atoms with E-state index in [-0.39, 0.29) is 12.7 Å². The molecular weight excluding hydrogens is 261 g/mol. The van der Waals surface area contributed by atoms with Crippen LogP contribution in [-0.2, 0) is 9.47 Å². The summed E-state index contributed by atoms with van der Waals surface area (Å²) >= 11 is 0. The van der Waals surface area contributed by atoms with Crippen LogP contribution >= 0.6 is 0 Å². The van der Waals surface area contributed by atoms with E-state index in [4.69, 9.17) is 9.47 Å². The monoisotopic (exact) mass is 274 g/mol. The molecule has 0 amide bonds. The van der Waals surface area contributed by atoms with E-state index in [2.05, 4.69) is 0 Å². The van der Waals surface area contributed by atoms with Gasteiger partial charge in [-0.2, -0.15) is 0 Å². The number of esters is 1. The first-order chi connectivity index (χ1) is 9.08. The summed E-state index contributed by atoms with van der Waals surface area (Å²) in [6.45, 7) is 0.694. The number of carbonyl (C=O) groups is 1. The molecule has 0 aliphatic carbocycles. The fraction of sp³-hybridized carbons (Fsp3) is 0.462. The van der Waals surface area contributed by atoms with Gasteiger partial charge in [-0.05, 0) is 12.8 Å². The van der Waals surface area contributed by atoms with E-state index in [0.717, 1.165) is 12.8 Å². The average molecular weight is 274 g/mol. The van der Waals surface area contributed by atoms with Gasteiger partial charge in [0.2, 0.25) is 0 Å². The minimum Gasteiger partial charge on any atom is -0.462 e. The lowest BCUT2D eigenvalue weighted by molar-refractivity contribution is 0.0376. The van der Waals surface area contributed by atoms with Crippen LogP contribution in [0.25, 0.3) is 0 Å². The number of carbonyl (C=O) groups excluding carboxylic acids is 1. The quantitative estimate of drug-likeness (QED) is 0.792. The zero-order chi connectivity index (χ0) is 13.8. The zero-order valence-electron chi connectivity index (χ0n) is 10.1. The molecule has 0 radical (unpaired) electrons. The van der Waals surface area contributed by atoms with Gasteiger partial charge in [-0.25, -0.2) is 18.0 Å². The predicted molar refractivity (Wildman–Crippen MR) is 60.2 cm³/mol. The molecule has 0 N–H and O–H groups in total. The van der Waals surface area contributed by atoms with Crippen LogP contribution in [0.2, 0.25) is 0 Å². The van der Waals surface area contributed by atoms with Crippen molar-refractivity contribution in [1.29, 1.82) is 0 Å². The van der Waals surface area contributed by atoms with Crippen molar-refractivity contribution in [2.75, 3.05) is 13.2 Å². The summed E-state index contributed by atoms with van der Waals surface area (Å²) in [4.78, 5) is 11.5. The first-order valence-corrected chi connectivity index (χ1v) is 6.01. The van der Waals surface area contributed by atoms with Gasteiger partial charge in [-0.3, -0.25) is 0 Å². The molecule has 3 nitrogen and oxygen atoms in total. The van der Waals surface area contributed by atoms with Gasteiger partial charge in [-0.15, -0.1) is 0 Å². The number of hydrogen-bond acceptors (Lipinski definition) is 3. The van der Waals surface area contributed by atoms with Crippen molar-refractivity contribution in [1.82, 2.24) is 0 Å². The van der Waals surface area contributed by atoms with Crippen molar-refractivity contribution in [3.05, 3.63) is 35.1 Å². The highest BCUT2D eigenvalue weighted by atomic mass is 19.1. The third kappa shape index (κ3) is 3.47. The van der Waals surface area contributed by atoms with Crippen LogP contribution in [0.4, 0.5) is 13.2 Å². The molecule has 1 heterocycles. The Bertz CT molecular complexity index is 447. The van der Waals surface area contributed by atoms with Gasteiger partial charge in [0.1, 0.15) is 23.0 Å². The van der Waals surface area contributed by atoms with Crippen molar-refractivity contribution in [3.8, 4) is 0 Å². The molecule has 0 spiro atoms. The molecule has 1 aromatic carbocycles. The minimum atomic E-state index is -1.26. The molecule has 1 aliphatic heterocycles. The maximum Gasteiger partial charge on any atom is 0.344 e. The maximum absolute atomic E-state index is 13.3. The normalized spacial score (nSPS) is 18.6. The van der Waals surface area contributed by atoms with E-state index < -0.39 is 29.0 Å². The second kappa shape index (κ2) is 6.06. The van der Waals surface area contributed by atoms with Crippen LogP contribution in [0.15, 0.2) is 12.1 Å². The van der Waals surface area contributed by atoms with Gasteiger partial charge in [-0.1, -0.05) is 0 Å². The molecule has 1 aromatic rings. The largest absolute Gasteiger partial charge is 0.462 e. The molecule has 0 aromatic heterocycles. The third-order valence-corrected chi connectivity index (χ3v) is 2.91. The lowest BCUT2D eigenvalue weighted by atomic mass is 10.2. The number of benzene rings is 1. The highest BCUT2D eigenvalue weighted by molar-refractivity contribution is 5.90. The SMILES string of the molecule is O=C(OCC[C@H]1CCCO1)c1c(F)cc(F)cc1F. The number of hydrogen-bond donors (Lipinski definition) is 0. The maximum atomic E-state index is 13.3. The van der Waals surface area contributed by atoms with Crippen LogP contribution < -0.4 is 0 Å². The van der Waals surface area contributed by atoms with Gasteiger partial charge in [0.15, 0.2) is 0 Å². The molecule has 6 heteroatoms. The van der Waals surface area contributed by atoms with Crippen LogP contribution in [0, 0.1) is 17.5 Å². The first kappa shape index (κ1) is 13.9. The second-order valence-corrected chi connectivity index (χ2v) is 4.30. The Labute approximate surface area is 108 Å². The van der Waals surface area contributed by atoms with E-state index in [1.807, 2.05) is 0 Å². The Kier molecular flexibility index (Phi) is 4.42. The number of rotatable bonds is 4. The molecule has 1 saturated heterocycles. The zero-order valence-corrected chi connectivity index (χ0v) is 10.1. The fourth-order valence-corrected chi connectivity index (χ4v) is 1.96. The van der Waals surface area contributed by atoms with Gasteiger partial charge in [0, 0.05) is 25.2 Å². The van der Waals surface area contributed by atoms with Gasteiger partial charge < -0.3 is 9.47 Å². The molecule has 2 rings (SSSR count). The number of ether oxygens (including phenoxy) is 2. The second-order valence-electron chi connectivity index (χ2n) is 4.30. The van der Waals surface area contributed by atoms with E-state index in [1.165, 1.54) is 0 Å². The Hall–Kier alpha value is -1.56. The van der Waals surface area contributed by atoms with E-state index in [1.54, 1.807) is 0 Å². The van der Waals surface area contributed by atoms with E-state index in [0.29, 0.717) is 25.2 Å². The Morgan fingerprint density at radius 2 is 2.00 bits per heavy atom. The average Bonchev–Trinajstić information content (AvgIpc) is 2.80. The van der Waals surface area contributed by atoms with Crippen molar-refractivity contribution >= 4 is 5.97 Å². The summed E-state index contributed by atoms with van der Waals surface area (Å²) in [5.74, 6) is -4.74. The van der Waals surface area contributed by atoms with Crippen molar-refractivity contribution in [3.63, 3.8) is 0 Å². The lowest BCUT2D eigenvalue weighted by Crippen LogP contribution is -2.15. The minimum absolute atomic E-state index is 0.0136. The van der Waals surface area contributed by atoms with Gasteiger partial charge in [0.05, 0.1) is 12.7 Å². The summed E-state index contributed by atoms with van der Waals surface area (Å²) in [5.41, 5.74) is -0.867. The molecular formula is C13H13F3O3. The molecule has 1 atom stereocenters. The molecule has 0 saturated carbocycles. The summed E-state index contributed by atoms with van der Waals surface area (Å²) in [6.07, 6.45) is 2.35. The molecule has 1 fully saturated rings. The third-order valence-electron chi connectivity index (χ3n) is 2.91. The van der Waals surface area contributed by atoms with Crippen LogP contribution in [0.3, 0.4) is 0 Å². The van der Waals surface area contributed by atoms with Crippen molar-refractivity contribution in [2.24, 2.45) is 0 Å². The first-order valence-electron chi connectivity index (χ1n) is 6.01. The fourth-order valence-electron chi connectivity index (χ4n) is 1.96. The highest BCUT2D eigenvalue weighted by Crippen LogP contribution is 2.18. The summed E-state index contributed by atoms with van der Waals surface area (Å²) in [5, 5.41) is 0. The lowest BCUT2D eigenvalue weighted by Gasteiger charge is -2.10. The summed E-state index contributed by atoms with van der Waals surface area (Å²) in [7, 11) is 0. The molecule has 1 aliphatic rings. The molecule has 104 valence electrons. The Morgan fingerprint density at radius 1 is 1.32 bits per heavy atom. The Balaban J connectivity index is 1.92. The van der Waals surface area contributed by atoms with E-state index in [9.17, 15) is 18.0 Å². The van der Waals surface area contributed by atoms with Gasteiger partial charge >= 0.3 is 5.97 Å². The highest BCUT2D eigenvalue weighted by Gasteiger charge is 2.21. The topological polar surface area (TPSA) is 35.5 Å². The molecule has 0 unspecified atom stereocenters. The van der Waals surface area contributed by atoms with Crippen LogP contribution in [0.1, 0.15) is 29.6 Å². The molecule has 19 heavy (non-hydrogen) atoms. The van der Waals surface area contributed by atoms with Crippen molar-refractivity contribution in [2.45, 2.75) is 25.4 Å². The van der Waals surface area contributed by atoms with Gasteiger partial charge in [0.25, 0.3) is 0 Å². The molecule has 0 bridgehead atoms. The van der Waals surface area contributed by atoms with E-state index >= 15 is 0 Å². The van der Waals surface area contributed by atoms with Crippen LogP contribution in [-0.4, -0.2) is 25.3 Å². The number of halogens is 3. The predicted octanol–water partition coefficient (Wildman–Crippen LogP) is 2.83. The smallest absolute Gasteiger partial charge is 0.344 e. The summed E-state index contributed by atoms with van der Waals surface area (Å²) in [6, 6.07) is 0.888. The van der Waals surface area contributed by atoms with Crippen molar-refractivity contribution < 1.29 is 27.4 Å². The van der Waals surface area contributed by atoms with Crippen LogP contribution in [0.5, 0.6) is 0 Å².